The molecule has 1 atom stereocenters. The van der Waals surface area contributed by atoms with Gasteiger partial charge in [0.2, 0.25) is 5.91 Å². The van der Waals surface area contributed by atoms with Crippen molar-refractivity contribution in [2.75, 3.05) is 11.9 Å². The van der Waals surface area contributed by atoms with Crippen molar-refractivity contribution in [1.82, 2.24) is 10.3 Å². The molecule has 3 heterocycles. The first-order valence-corrected chi connectivity index (χ1v) is 6.35. The number of nitrogens with zero attached hydrogens (tertiary/aromatic N) is 1. The summed E-state index contributed by atoms with van der Waals surface area (Å²) in [5, 5.41) is 6.34. The van der Waals surface area contributed by atoms with Crippen molar-refractivity contribution >= 4 is 11.7 Å². The van der Waals surface area contributed by atoms with E-state index in [0.29, 0.717) is 12.5 Å². The first kappa shape index (κ1) is 10.7. The average Bonchev–Trinajstić information content (AvgIpc) is 2.39. The van der Waals surface area contributed by atoms with Crippen molar-refractivity contribution in [3.05, 3.63) is 23.4 Å². The molecule has 0 radical (unpaired) electrons. The molecule has 0 aromatic carbocycles. The molecule has 1 saturated heterocycles. The second-order valence-electron chi connectivity index (χ2n) is 4.83. The van der Waals surface area contributed by atoms with Gasteiger partial charge in [-0.25, -0.2) is 4.98 Å². The Bertz CT molecular complexity index is 438. The van der Waals surface area contributed by atoms with E-state index in [1.807, 2.05) is 6.20 Å². The molecule has 0 spiro atoms. The van der Waals surface area contributed by atoms with Gasteiger partial charge in [-0.1, -0.05) is 6.42 Å². The van der Waals surface area contributed by atoms with Gasteiger partial charge in [-0.3, -0.25) is 4.79 Å². The zero-order chi connectivity index (χ0) is 11.7. The molecule has 1 fully saturated rings. The second-order valence-corrected chi connectivity index (χ2v) is 4.83. The Hall–Kier alpha value is -1.42. The first-order chi connectivity index (χ1) is 8.33. The van der Waals surface area contributed by atoms with Crippen LogP contribution in [0.4, 0.5) is 5.82 Å². The van der Waals surface area contributed by atoms with Gasteiger partial charge in [0.25, 0.3) is 0 Å². The second kappa shape index (κ2) is 4.45. The minimum absolute atomic E-state index is 0.0774. The number of rotatable bonds is 1. The number of pyridine rings is 1. The fraction of sp³-hybridized carbons (Fsp3) is 0.538. The number of piperidine rings is 1. The summed E-state index contributed by atoms with van der Waals surface area (Å²) in [7, 11) is 0. The molecule has 0 saturated carbocycles. The number of aryl methyl sites for hydroxylation is 1. The van der Waals surface area contributed by atoms with E-state index in [-0.39, 0.29) is 5.91 Å². The topological polar surface area (TPSA) is 54.0 Å². The van der Waals surface area contributed by atoms with E-state index in [1.165, 1.54) is 30.4 Å². The molecule has 2 aliphatic rings. The van der Waals surface area contributed by atoms with Gasteiger partial charge in [-0.15, -0.1) is 0 Å². The number of hydrogen-bond donors (Lipinski definition) is 2. The fourth-order valence-electron chi connectivity index (χ4n) is 2.60. The van der Waals surface area contributed by atoms with E-state index in [4.69, 9.17) is 0 Å². The molecule has 1 aromatic heterocycles. The molecule has 1 amide bonds. The van der Waals surface area contributed by atoms with Gasteiger partial charge in [0, 0.05) is 18.7 Å². The number of aromatic nitrogens is 1. The normalized spacial score (nSPS) is 24.0. The minimum Gasteiger partial charge on any atom is -0.310 e. The van der Waals surface area contributed by atoms with Crippen LogP contribution < -0.4 is 10.6 Å². The summed E-state index contributed by atoms with van der Waals surface area (Å²) >= 11 is 0. The van der Waals surface area contributed by atoms with Gasteiger partial charge in [0.15, 0.2) is 0 Å². The Morgan fingerprint density at radius 2 is 2.24 bits per heavy atom. The Balaban J connectivity index is 1.85. The van der Waals surface area contributed by atoms with Gasteiger partial charge in [0.05, 0.1) is 0 Å². The summed E-state index contributed by atoms with van der Waals surface area (Å²) in [6, 6.07) is 2.64. The van der Waals surface area contributed by atoms with E-state index in [9.17, 15) is 4.79 Å². The Morgan fingerprint density at radius 3 is 3.06 bits per heavy atom. The number of anilines is 1. The molecule has 2 aliphatic heterocycles. The number of nitrogens with one attached hydrogen (secondary N) is 2. The summed E-state index contributed by atoms with van der Waals surface area (Å²) in [5.41, 5.74) is 2.44. The Morgan fingerprint density at radius 1 is 1.29 bits per heavy atom. The smallest absolute Gasteiger partial charge is 0.225 e. The van der Waals surface area contributed by atoms with E-state index < -0.39 is 0 Å². The zero-order valence-electron chi connectivity index (χ0n) is 9.83. The maximum Gasteiger partial charge on any atom is 0.225 e. The molecular formula is C13H17N3O. The molecule has 90 valence electrons. The highest BCUT2D eigenvalue weighted by atomic mass is 16.1. The number of fused-ring (bicyclic) bond motifs is 1. The van der Waals surface area contributed by atoms with E-state index in [0.717, 1.165) is 18.8 Å². The lowest BCUT2D eigenvalue weighted by Crippen LogP contribution is -2.27. The predicted octanol–water partition coefficient (Wildman–Crippen LogP) is 1.78. The predicted molar refractivity (Wildman–Crippen MR) is 65.8 cm³/mol. The van der Waals surface area contributed by atoms with Gasteiger partial charge >= 0.3 is 0 Å². The van der Waals surface area contributed by atoms with Crippen LogP contribution in [-0.4, -0.2) is 17.4 Å². The SMILES string of the molecule is O=C1CCc2cc([C@@H]3CCCCN3)cnc2N1. The summed E-state index contributed by atoms with van der Waals surface area (Å²) < 4.78 is 0. The van der Waals surface area contributed by atoms with Gasteiger partial charge in [-0.2, -0.15) is 0 Å². The molecular weight excluding hydrogens is 214 g/mol. The lowest BCUT2D eigenvalue weighted by Gasteiger charge is -2.25. The molecule has 1 aromatic rings. The van der Waals surface area contributed by atoms with Gasteiger partial charge in [-0.05, 0) is 43.0 Å². The third-order valence-corrected chi connectivity index (χ3v) is 3.58. The maximum atomic E-state index is 11.2. The number of carbonyl (C=O) groups is 1. The van der Waals surface area contributed by atoms with Crippen LogP contribution in [0.25, 0.3) is 0 Å². The molecule has 0 aliphatic carbocycles. The molecule has 4 heteroatoms. The quantitative estimate of drug-likeness (QED) is 0.774. The van der Waals surface area contributed by atoms with E-state index in [1.54, 1.807) is 0 Å². The lowest BCUT2D eigenvalue weighted by atomic mass is 9.96. The zero-order valence-corrected chi connectivity index (χ0v) is 9.83. The Labute approximate surface area is 101 Å². The Kier molecular flexibility index (Phi) is 2.81. The lowest BCUT2D eigenvalue weighted by molar-refractivity contribution is -0.116. The third-order valence-electron chi connectivity index (χ3n) is 3.58. The third kappa shape index (κ3) is 2.17. The van der Waals surface area contributed by atoms with E-state index >= 15 is 0 Å². The van der Waals surface area contributed by atoms with Crippen LogP contribution in [0.1, 0.15) is 42.9 Å². The molecule has 17 heavy (non-hydrogen) atoms. The number of amides is 1. The standard InChI is InChI=1S/C13H17N3O/c17-12-5-4-9-7-10(8-15-13(9)16-12)11-3-1-2-6-14-11/h7-8,11,14H,1-6H2,(H,15,16,17)/t11-/m0/s1. The summed E-state index contributed by atoms with van der Waals surface area (Å²) in [6.07, 6.45) is 7.03. The van der Waals surface area contributed by atoms with Crippen LogP contribution >= 0.6 is 0 Å². The average molecular weight is 231 g/mol. The van der Waals surface area contributed by atoms with Crippen LogP contribution in [0.2, 0.25) is 0 Å². The van der Waals surface area contributed by atoms with Crippen molar-refractivity contribution < 1.29 is 4.79 Å². The molecule has 4 nitrogen and oxygen atoms in total. The van der Waals surface area contributed by atoms with Crippen LogP contribution in [0.5, 0.6) is 0 Å². The number of hydrogen-bond acceptors (Lipinski definition) is 3. The highest BCUT2D eigenvalue weighted by molar-refractivity contribution is 5.92. The van der Waals surface area contributed by atoms with Gasteiger partial charge in [0.1, 0.15) is 5.82 Å². The molecule has 2 N–H and O–H groups in total. The van der Waals surface area contributed by atoms with Crippen molar-refractivity contribution in [1.29, 1.82) is 0 Å². The van der Waals surface area contributed by atoms with Gasteiger partial charge < -0.3 is 10.6 Å². The summed E-state index contributed by atoms with van der Waals surface area (Å²) in [4.78, 5) is 15.6. The highest BCUT2D eigenvalue weighted by Crippen LogP contribution is 2.27. The minimum atomic E-state index is 0.0774. The van der Waals surface area contributed by atoms with Crippen LogP contribution in [0.3, 0.4) is 0 Å². The molecule has 0 unspecified atom stereocenters. The summed E-state index contributed by atoms with van der Waals surface area (Å²) in [5.74, 6) is 0.828. The monoisotopic (exact) mass is 231 g/mol. The first-order valence-electron chi connectivity index (χ1n) is 6.35. The van der Waals surface area contributed by atoms with Crippen molar-refractivity contribution in [3.63, 3.8) is 0 Å². The van der Waals surface area contributed by atoms with Crippen molar-refractivity contribution in [3.8, 4) is 0 Å². The molecule has 3 rings (SSSR count). The van der Waals surface area contributed by atoms with Crippen LogP contribution in [-0.2, 0) is 11.2 Å². The largest absolute Gasteiger partial charge is 0.310 e. The van der Waals surface area contributed by atoms with Crippen LogP contribution in [0, 0.1) is 0 Å². The van der Waals surface area contributed by atoms with Crippen molar-refractivity contribution in [2.45, 2.75) is 38.1 Å². The van der Waals surface area contributed by atoms with Crippen LogP contribution in [0.15, 0.2) is 12.3 Å². The van der Waals surface area contributed by atoms with Crippen molar-refractivity contribution in [2.24, 2.45) is 0 Å². The fourth-order valence-corrected chi connectivity index (χ4v) is 2.60. The van der Waals surface area contributed by atoms with E-state index in [2.05, 4.69) is 21.7 Å². The molecule has 0 bridgehead atoms. The maximum absolute atomic E-state index is 11.2. The highest BCUT2D eigenvalue weighted by Gasteiger charge is 2.20. The number of carbonyl (C=O) groups excluding carboxylic acids is 1. The summed E-state index contributed by atoms with van der Waals surface area (Å²) in [6.45, 7) is 1.10.